The summed E-state index contributed by atoms with van der Waals surface area (Å²) in [6.45, 7) is 3.90. The summed E-state index contributed by atoms with van der Waals surface area (Å²) in [5, 5.41) is 11.6. The third kappa shape index (κ3) is 5.36. The summed E-state index contributed by atoms with van der Waals surface area (Å²) in [7, 11) is 0. The highest BCUT2D eigenvalue weighted by molar-refractivity contribution is 5.77. The lowest BCUT2D eigenvalue weighted by atomic mass is 10.2. The van der Waals surface area contributed by atoms with Gasteiger partial charge < -0.3 is 15.2 Å². The Kier molecular flexibility index (Phi) is 5.49. The van der Waals surface area contributed by atoms with Gasteiger partial charge in [-0.05, 0) is 31.0 Å². The molecule has 0 aliphatic heterocycles. The number of aryl methyl sites for hydroxylation is 1. The SMILES string of the molecule is CCc1cccc(OCC(=O)NC[C@@H](C)O)c1. The average Bonchev–Trinajstić information content (AvgIpc) is 2.34. The van der Waals surface area contributed by atoms with Crippen molar-refractivity contribution in [3.63, 3.8) is 0 Å². The summed E-state index contributed by atoms with van der Waals surface area (Å²) in [4.78, 5) is 11.3. The molecule has 1 aromatic rings. The maximum absolute atomic E-state index is 11.3. The lowest BCUT2D eigenvalue weighted by Gasteiger charge is -2.09. The minimum absolute atomic E-state index is 0.0279. The van der Waals surface area contributed by atoms with E-state index in [0.717, 1.165) is 6.42 Å². The van der Waals surface area contributed by atoms with E-state index in [1.54, 1.807) is 6.92 Å². The zero-order valence-corrected chi connectivity index (χ0v) is 10.3. The number of carbonyl (C=O) groups is 1. The average molecular weight is 237 g/mol. The molecule has 0 unspecified atom stereocenters. The van der Waals surface area contributed by atoms with Gasteiger partial charge in [0.05, 0.1) is 6.10 Å². The molecule has 0 saturated carbocycles. The van der Waals surface area contributed by atoms with Crippen molar-refractivity contribution in [2.45, 2.75) is 26.4 Å². The fourth-order valence-corrected chi connectivity index (χ4v) is 1.32. The van der Waals surface area contributed by atoms with Crippen LogP contribution in [-0.4, -0.2) is 30.3 Å². The number of carbonyl (C=O) groups excluding carboxylic acids is 1. The van der Waals surface area contributed by atoms with Gasteiger partial charge in [-0.2, -0.15) is 0 Å². The molecule has 1 amide bonds. The van der Waals surface area contributed by atoms with E-state index in [9.17, 15) is 4.79 Å². The van der Waals surface area contributed by atoms with E-state index in [1.807, 2.05) is 24.3 Å². The first-order chi connectivity index (χ1) is 8.11. The van der Waals surface area contributed by atoms with Crippen LogP contribution in [0.1, 0.15) is 19.4 Å². The Morgan fingerprint density at radius 1 is 1.53 bits per heavy atom. The van der Waals surface area contributed by atoms with Crippen LogP contribution in [0.15, 0.2) is 24.3 Å². The minimum atomic E-state index is -0.539. The summed E-state index contributed by atoms with van der Waals surface area (Å²) in [5.41, 5.74) is 1.17. The van der Waals surface area contributed by atoms with Crippen molar-refractivity contribution >= 4 is 5.91 Å². The van der Waals surface area contributed by atoms with E-state index in [1.165, 1.54) is 5.56 Å². The molecule has 0 bridgehead atoms. The van der Waals surface area contributed by atoms with E-state index in [0.29, 0.717) is 5.75 Å². The number of nitrogens with one attached hydrogen (secondary N) is 1. The van der Waals surface area contributed by atoms with E-state index in [-0.39, 0.29) is 19.1 Å². The van der Waals surface area contributed by atoms with Gasteiger partial charge in [0, 0.05) is 6.54 Å². The summed E-state index contributed by atoms with van der Waals surface area (Å²) in [6, 6.07) is 7.66. The maximum atomic E-state index is 11.3. The molecule has 1 atom stereocenters. The van der Waals surface area contributed by atoms with Crippen molar-refractivity contribution in [1.29, 1.82) is 0 Å². The molecule has 0 aromatic heterocycles. The van der Waals surface area contributed by atoms with Gasteiger partial charge in [0.2, 0.25) is 0 Å². The molecule has 0 aliphatic rings. The fraction of sp³-hybridized carbons (Fsp3) is 0.462. The van der Waals surface area contributed by atoms with E-state index in [2.05, 4.69) is 12.2 Å². The molecule has 0 radical (unpaired) electrons. The Morgan fingerprint density at radius 2 is 2.29 bits per heavy atom. The van der Waals surface area contributed by atoms with Crippen molar-refractivity contribution in [3.05, 3.63) is 29.8 Å². The molecule has 0 aliphatic carbocycles. The number of hydrogen-bond acceptors (Lipinski definition) is 3. The number of amides is 1. The number of benzene rings is 1. The second-order valence-corrected chi connectivity index (χ2v) is 3.94. The molecule has 4 nitrogen and oxygen atoms in total. The number of rotatable bonds is 6. The first-order valence-electron chi connectivity index (χ1n) is 5.78. The molecule has 0 saturated heterocycles. The predicted octanol–water partition coefficient (Wildman–Crippen LogP) is 1.12. The molecular weight excluding hydrogens is 218 g/mol. The molecule has 1 rings (SSSR count). The van der Waals surface area contributed by atoms with Crippen LogP contribution in [0, 0.1) is 0 Å². The van der Waals surface area contributed by atoms with Crippen LogP contribution in [0.3, 0.4) is 0 Å². The molecule has 0 fully saturated rings. The van der Waals surface area contributed by atoms with Gasteiger partial charge in [0.15, 0.2) is 6.61 Å². The van der Waals surface area contributed by atoms with Gasteiger partial charge in [-0.25, -0.2) is 0 Å². The van der Waals surface area contributed by atoms with Gasteiger partial charge in [0.1, 0.15) is 5.75 Å². The van der Waals surface area contributed by atoms with Crippen LogP contribution in [0.5, 0.6) is 5.75 Å². The van der Waals surface area contributed by atoms with Crippen LogP contribution >= 0.6 is 0 Å². The van der Waals surface area contributed by atoms with Gasteiger partial charge in [-0.15, -0.1) is 0 Å². The van der Waals surface area contributed by atoms with Gasteiger partial charge in [-0.3, -0.25) is 4.79 Å². The minimum Gasteiger partial charge on any atom is -0.484 e. The Balaban J connectivity index is 2.36. The molecule has 2 N–H and O–H groups in total. The molecular formula is C13H19NO3. The van der Waals surface area contributed by atoms with E-state index < -0.39 is 6.10 Å². The zero-order chi connectivity index (χ0) is 12.7. The first-order valence-corrected chi connectivity index (χ1v) is 5.78. The maximum Gasteiger partial charge on any atom is 0.258 e. The summed E-state index contributed by atoms with van der Waals surface area (Å²) in [5.74, 6) is 0.462. The van der Waals surface area contributed by atoms with E-state index in [4.69, 9.17) is 9.84 Å². The van der Waals surface area contributed by atoms with Crippen molar-refractivity contribution in [1.82, 2.24) is 5.32 Å². The second kappa shape index (κ2) is 6.91. The fourth-order valence-electron chi connectivity index (χ4n) is 1.32. The van der Waals surface area contributed by atoms with Gasteiger partial charge in [0.25, 0.3) is 5.91 Å². The number of ether oxygens (including phenoxy) is 1. The number of aliphatic hydroxyl groups is 1. The highest BCUT2D eigenvalue weighted by Gasteiger charge is 2.04. The van der Waals surface area contributed by atoms with Crippen LogP contribution < -0.4 is 10.1 Å². The molecule has 94 valence electrons. The highest BCUT2D eigenvalue weighted by Crippen LogP contribution is 2.13. The van der Waals surface area contributed by atoms with Crippen molar-refractivity contribution in [3.8, 4) is 5.75 Å². The van der Waals surface area contributed by atoms with Crippen molar-refractivity contribution < 1.29 is 14.6 Å². The van der Waals surface area contributed by atoms with Crippen LogP contribution in [0.4, 0.5) is 0 Å². The van der Waals surface area contributed by atoms with Crippen LogP contribution in [-0.2, 0) is 11.2 Å². The van der Waals surface area contributed by atoms with Crippen LogP contribution in [0.25, 0.3) is 0 Å². The summed E-state index contributed by atoms with van der Waals surface area (Å²) in [6.07, 6.45) is 0.396. The van der Waals surface area contributed by atoms with Crippen LogP contribution in [0.2, 0.25) is 0 Å². The quantitative estimate of drug-likeness (QED) is 0.779. The zero-order valence-electron chi connectivity index (χ0n) is 10.3. The summed E-state index contributed by atoms with van der Waals surface area (Å²) >= 11 is 0. The Labute approximate surface area is 102 Å². The molecule has 17 heavy (non-hydrogen) atoms. The normalized spacial score (nSPS) is 11.9. The third-order valence-corrected chi connectivity index (χ3v) is 2.27. The Bertz CT molecular complexity index is 363. The predicted molar refractivity (Wildman–Crippen MR) is 66.0 cm³/mol. The molecule has 4 heteroatoms. The standard InChI is InChI=1S/C13H19NO3/c1-3-11-5-4-6-12(7-11)17-9-13(16)14-8-10(2)15/h4-7,10,15H,3,8-9H2,1-2H3,(H,14,16)/t10-/m1/s1. The Hall–Kier alpha value is -1.55. The largest absolute Gasteiger partial charge is 0.484 e. The summed E-state index contributed by atoms with van der Waals surface area (Å²) < 4.78 is 5.35. The van der Waals surface area contributed by atoms with Crippen molar-refractivity contribution in [2.24, 2.45) is 0 Å². The van der Waals surface area contributed by atoms with Gasteiger partial charge in [-0.1, -0.05) is 19.1 Å². The monoisotopic (exact) mass is 237 g/mol. The lowest BCUT2D eigenvalue weighted by Crippen LogP contribution is -2.34. The van der Waals surface area contributed by atoms with Crippen molar-refractivity contribution in [2.75, 3.05) is 13.2 Å². The lowest BCUT2D eigenvalue weighted by molar-refractivity contribution is -0.123. The van der Waals surface area contributed by atoms with E-state index >= 15 is 0 Å². The second-order valence-electron chi connectivity index (χ2n) is 3.94. The third-order valence-electron chi connectivity index (χ3n) is 2.27. The number of aliphatic hydroxyl groups excluding tert-OH is 1. The smallest absolute Gasteiger partial charge is 0.258 e. The topological polar surface area (TPSA) is 58.6 Å². The molecule has 1 aromatic carbocycles. The number of hydrogen-bond donors (Lipinski definition) is 2. The first kappa shape index (κ1) is 13.5. The van der Waals surface area contributed by atoms with Gasteiger partial charge >= 0.3 is 0 Å². The highest BCUT2D eigenvalue weighted by atomic mass is 16.5. The molecule has 0 spiro atoms. The molecule has 0 heterocycles. The Morgan fingerprint density at radius 3 is 2.94 bits per heavy atom.